The maximum atomic E-state index is 13.8. The third-order valence-electron chi connectivity index (χ3n) is 4.35. The molecule has 3 aromatic carbocycles. The van der Waals surface area contributed by atoms with Crippen LogP contribution in [0.15, 0.2) is 71.6 Å². The summed E-state index contributed by atoms with van der Waals surface area (Å²) in [7, 11) is -3.83. The van der Waals surface area contributed by atoms with Gasteiger partial charge in [-0.25, -0.2) is 17.6 Å². The number of ether oxygens (including phenoxy) is 2. The summed E-state index contributed by atoms with van der Waals surface area (Å²) in [6.07, 6.45) is 0. The largest absolute Gasteiger partial charge is 0.494 e. The summed E-state index contributed by atoms with van der Waals surface area (Å²) in [5.74, 6) is -0.739. The fraction of sp³-hybridized carbons (Fsp3) is 0.130. The Bertz CT molecular complexity index is 1250. The molecule has 1 N–H and O–H groups in total. The second-order valence-corrected chi connectivity index (χ2v) is 8.26. The number of nitrogens with zero attached hydrogens (tertiary/aromatic N) is 1. The molecule has 3 rings (SSSR count). The van der Waals surface area contributed by atoms with Crippen molar-refractivity contribution in [3.63, 3.8) is 0 Å². The molecular weight excluding hydrogens is 435 g/mol. The number of nitriles is 1. The topological polar surface area (TPSA) is 105 Å². The van der Waals surface area contributed by atoms with E-state index < -0.39 is 21.8 Å². The molecule has 0 bridgehead atoms. The van der Waals surface area contributed by atoms with Gasteiger partial charge in [-0.1, -0.05) is 0 Å². The van der Waals surface area contributed by atoms with E-state index >= 15 is 0 Å². The van der Waals surface area contributed by atoms with Crippen LogP contribution in [-0.4, -0.2) is 21.0 Å². The van der Waals surface area contributed by atoms with Crippen molar-refractivity contribution in [3.8, 4) is 11.8 Å². The minimum atomic E-state index is -3.83. The van der Waals surface area contributed by atoms with Crippen molar-refractivity contribution in [2.24, 2.45) is 0 Å². The maximum absolute atomic E-state index is 13.8. The van der Waals surface area contributed by atoms with Crippen molar-refractivity contribution in [1.29, 1.82) is 5.26 Å². The molecule has 0 heterocycles. The van der Waals surface area contributed by atoms with Gasteiger partial charge in [0.2, 0.25) is 0 Å². The molecular formula is C23H19FN2O5S. The first-order valence-electron chi connectivity index (χ1n) is 9.54. The number of hydrogen-bond acceptors (Lipinski definition) is 6. The zero-order valence-corrected chi connectivity index (χ0v) is 17.9. The minimum Gasteiger partial charge on any atom is -0.494 e. The third-order valence-corrected chi connectivity index (χ3v) is 5.75. The summed E-state index contributed by atoms with van der Waals surface area (Å²) in [5.41, 5.74) is 0.743. The Morgan fingerprint density at radius 2 is 1.75 bits per heavy atom. The van der Waals surface area contributed by atoms with Crippen molar-refractivity contribution in [3.05, 3.63) is 89.2 Å². The van der Waals surface area contributed by atoms with Gasteiger partial charge in [0, 0.05) is 11.3 Å². The maximum Gasteiger partial charge on any atom is 0.338 e. The van der Waals surface area contributed by atoms with E-state index in [1.165, 1.54) is 48.5 Å². The van der Waals surface area contributed by atoms with Gasteiger partial charge in [0.25, 0.3) is 10.0 Å². The lowest BCUT2D eigenvalue weighted by molar-refractivity contribution is 0.0469. The fourth-order valence-electron chi connectivity index (χ4n) is 2.75. The first kappa shape index (κ1) is 22.8. The first-order valence-corrected chi connectivity index (χ1v) is 11.0. The molecule has 0 unspecified atom stereocenters. The van der Waals surface area contributed by atoms with E-state index in [0.717, 1.165) is 6.07 Å². The lowest BCUT2D eigenvalue weighted by Crippen LogP contribution is -2.13. The van der Waals surface area contributed by atoms with Crippen LogP contribution in [0.2, 0.25) is 0 Å². The van der Waals surface area contributed by atoms with Gasteiger partial charge in [0.15, 0.2) is 0 Å². The number of carbonyl (C=O) groups excluding carboxylic acids is 1. The highest BCUT2D eigenvalue weighted by Gasteiger charge is 2.15. The van der Waals surface area contributed by atoms with Crippen molar-refractivity contribution in [2.75, 3.05) is 11.3 Å². The molecule has 7 nitrogen and oxygen atoms in total. The van der Waals surface area contributed by atoms with Crippen molar-refractivity contribution < 1.29 is 27.1 Å². The van der Waals surface area contributed by atoms with E-state index in [-0.39, 0.29) is 33.9 Å². The van der Waals surface area contributed by atoms with Crippen LogP contribution in [-0.2, 0) is 21.4 Å². The van der Waals surface area contributed by atoms with Crippen LogP contribution in [0.5, 0.6) is 5.75 Å². The Morgan fingerprint density at radius 1 is 1.06 bits per heavy atom. The predicted octanol–water partition coefficient (Wildman–Crippen LogP) is 4.25. The average Bonchev–Trinajstić information content (AvgIpc) is 2.79. The Morgan fingerprint density at radius 3 is 2.38 bits per heavy atom. The first-order chi connectivity index (χ1) is 15.3. The van der Waals surface area contributed by atoms with Gasteiger partial charge < -0.3 is 9.47 Å². The van der Waals surface area contributed by atoms with Crippen LogP contribution in [0.4, 0.5) is 10.1 Å². The Kier molecular flexibility index (Phi) is 7.07. The second kappa shape index (κ2) is 9.94. The van der Waals surface area contributed by atoms with E-state index in [2.05, 4.69) is 4.72 Å². The van der Waals surface area contributed by atoms with E-state index in [0.29, 0.717) is 12.4 Å². The third kappa shape index (κ3) is 5.62. The van der Waals surface area contributed by atoms with Gasteiger partial charge in [-0.3, -0.25) is 4.72 Å². The predicted molar refractivity (Wildman–Crippen MR) is 115 cm³/mol. The van der Waals surface area contributed by atoms with Crippen LogP contribution >= 0.6 is 0 Å². The quantitative estimate of drug-likeness (QED) is 0.510. The number of anilines is 1. The minimum absolute atomic E-state index is 0.0612. The van der Waals surface area contributed by atoms with Crippen LogP contribution in [0, 0.1) is 17.1 Å². The van der Waals surface area contributed by atoms with E-state index in [1.54, 1.807) is 12.1 Å². The number of sulfonamides is 1. The highest BCUT2D eigenvalue weighted by molar-refractivity contribution is 7.92. The molecule has 0 spiro atoms. The van der Waals surface area contributed by atoms with Gasteiger partial charge >= 0.3 is 5.97 Å². The smallest absolute Gasteiger partial charge is 0.338 e. The number of halogens is 1. The number of nitrogens with one attached hydrogen (secondary N) is 1. The summed E-state index contributed by atoms with van der Waals surface area (Å²) in [6.45, 7) is 1.96. The SMILES string of the molecule is CCOc1ccc(S(=O)(=O)Nc2ccc(C(=O)OCc3cc(C#N)ccc3F)cc2)cc1. The second-order valence-electron chi connectivity index (χ2n) is 6.58. The molecule has 3 aromatic rings. The normalized spacial score (nSPS) is 10.8. The summed E-state index contributed by atoms with van der Waals surface area (Å²) < 4.78 is 51.7. The van der Waals surface area contributed by atoms with Crippen LogP contribution in [0.1, 0.15) is 28.4 Å². The molecule has 0 aromatic heterocycles. The standard InChI is InChI=1S/C23H19FN2O5S/c1-2-30-20-8-10-21(11-9-20)32(28,29)26-19-6-4-17(5-7-19)23(27)31-15-18-13-16(14-25)3-12-22(18)24/h3-13,26H,2,15H2,1H3. The van der Waals surface area contributed by atoms with Gasteiger partial charge in [0.05, 0.1) is 28.7 Å². The summed E-state index contributed by atoms with van der Waals surface area (Å²) in [4.78, 5) is 12.3. The van der Waals surface area contributed by atoms with E-state index in [1.807, 2.05) is 13.0 Å². The van der Waals surface area contributed by atoms with Gasteiger partial charge in [-0.05, 0) is 73.7 Å². The lowest BCUT2D eigenvalue weighted by Gasteiger charge is -2.10. The summed E-state index contributed by atoms with van der Waals surface area (Å²) >= 11 is 0. The average molecular weight is 454 g/mol. The van der Waals surface area contributed by atoms with Gasteiger partial charge in [-0.15, -0.1) is 0 Å². The lowest BCUT2D eigenvalue weighted by atomic mass is 10.1. The molecule has 0 aliphatic carbocycles. The number of esters is 1. The molecule has 164 valence electrons. The molecule has 0 fully saturated rings. The molecule has 0 saturated heterocycles. The highest BCUT2D eigenvalue weighted by atomic mass is 32.2. The van der Waals surface area contributed by atoms with Crippen LogP contribution < -0.4 is 9.46 Å². The van der Waals surface area contributed by atoms with Gasteiger partial charge in [-0.2, -0.15) is 5.26 Å². The molecule has 0 saturated carbocycles. The highest BCUT2D eigenvalue weighted by Crippen LogP contribution is 2.20. The molecule has 0 aliphatic rings. The zero-order valence-electron chi connectivity index (χ0n) is 17.0. The molecule has 9 heteroatoms. The molecule has 0 radical (unpaired) electrons. The van der Waals surface area contributed by atoms with E-state index in [9.17, 15) is 17.6 Å². The van der Waals surface area contributed by atoms with Crippen molar-refractivity contribution in [1.82, 2.24) is 0 Å². The monoisotopic (exact) mass is 454 g/mol. The van der Waals surface area contributed by atoms with Gasteiger partial charge in [0.1, 0.15) is 18.2 Å². The van der Waals surface area contributed by atoms with Crippen LogP contribution in [0.3, 0.4) is 0 Å². The number of rotatable bonds is 8. The molecule has 32 heavy (non-hydrogen) atoms. The number of hydrogen-bond donors (Lipinski definition) is 1. The summed E-state index contributed by atoms with van der Waals surface area (Å²) in [5, 5.41) is 8.89. The Hall–Kier alpha value is -3.90. The Balaban J connectivity index is 1.64. The molecule has 0 aliphatic heterocycles. The van der Waals surface area contributed by atoms with Crippen molar-refractivity contribution >= 4 is 21.7 Å². The molecule has 0 amide bonds. The number of carbonyl (C=O) groups is 1. The van der Waals surface area contributed by atoms with Crippen LogP contribution in [0.25, 0.3) is 0 Å². The fourth-order valence-corrected chi connectivity index (χ4v) is 3.81. The van der Waals surface area contributed by atoms with Crippen molar-refractivity contribution in [2.45, 2.75) is 18.4 Å². The molecule has 0 atom stereocenters. The summed E-state index contributed by atoms with van der Waals surface area (Å²) in [6, 6.07) is 17.3. The number of benzene rings is 3. The zero-order chi connectivity index (χ0) is 23.1. The Labute approximate surface area is 185 Å². The van der Waals surface area contributed by atoms with E-state index in [4.69, 9.17) is 14.7 Å².